The Morgan fingerprint density at radius 2 is 2.00 bits per heavy atom. The van der Waals surface area contributed by atoms with E-state index in [4.69, 9.17) is 0 Å². The van der Waals surface area contributed by atoms with Gasteiger partial charge in [0, 0.05) is 12.5 Å². The van der Waals surface area contributed by atoms with E-state index in [1.54, 1.807) is 0 Å². The molecule has 2 heteroatoms. The van der Waals surface area contributed by atoms with E-state index in [1.165, 1.54) is 25.7 Å². The number of piperidine rings is 1. The Labute approximate surface area is 99.2 Å². The van der Waals surface area contributed by atoms with Gasteiger partial charge in [0.05, 0.1) is 0 Å². The Balaban J connectivity index is 1.92. The monoisotopic (exact) mass is 227 g/mol. The van der Waals surface area contributed by atoms with E-state index in [-0.39, 0.29) is 0 Å². The summed E-state index contributed by atoms with van der Waals surface area (Å²) in [7, 11) is 0. The van der Waals surface area contributed by atoms with E-state index >= 15 is 0 Å². The fraction of sp³-hybridized carbons (Fsp3) is 1.00. The second kappa shape index (κ2) is 6.00. The number of halogens is 1. The molecule has 1 saturated carbocycles. The zero-order valence-corrected chi connectivity index (χ0v) is 10.6. The molecule has 2 fully saturated rings. The first-order chi connectivity index (χ1) is 7.83. The van der Waals surface area contributed by atoms with Crippen molar-refractivity contribution in [2.24, 2.45) is 17.8 Å². The van der Waals surface area contributed by atoms with Gasteiger partial charge in [0.15, 0.2) is 0 Å². The highest BCUT2D eigenvalue weighted by Gasteiger charge is 2.35. The molecule has 0 amide bonds. The third-order valence-electron chi connectivity index (χ3n) is 4.69. The second-order valence-corrected chi connectivity index (χ2v) is 5.67. The summed E-state index contributed by atoms with van der Waals surface area (Å²) in [6, 6.07) is 0. The molecule has 0 radical (unpaired) electrons. The SMILES string of the molecule is CCC1CCCCC1C(F)C1CCCNC1. The lowest BCUT2D eigenvalue weighted by molar-refractivity contribution is 0.0616. The maximum absolute atomic E-state index is 14.6. The summed E-state index contributed by atoms with van der Waals surface area (Å²) < 4.78 is 14.6. The molecule has 0 aromatic carbocycles. The minimum atomic E-state index is -0.543. The first kappa shape index (κ1) is 12.3. The summed E-state index contributed by atoms with van der Waals surface area (Å²) in [6.45, 7) is 4.23. The Morgan fingerprint density at radius 3 is 2.69 bits per heavy atom. The maximum atomic E-state index is 14.6. The zero-order chi connectivity index (χ0) is 11.4. The highest BCUT2D eigenvalue weighted by atomic mass is 19.1. The lowest BCUT2D eigenvalue weighted by Crippen LogP contribution is -2.40. The van der Waals surface area contributed by atoms with Crippen molar-refractivity contribution in [1.82, 2.24) is 5.32 Å². The molecule has 1 aliphatic carbocycles. The molecule has 0 aromatic heterocycles. The van der Waals surface area contributed by atoms with Crippen LogP contribution in [0.4, 0.5) is 4.39 Å². The molecule has 16 heavy (non-hydrogen) atoms. The molecule has 1 saturated heterocycles. The highest BCUT2D eigenvalue weighted by molar-refractivity contribution is 4.86. The first-order valence-electron chi connectivity index (χ1n) is 7.17. The van der Waals surface area contributed by atoms with Gasteiger partial charge >= 0.3 is 0 Å². The van der Waals surface area contributed by atoms with Crippen molar-refractivity contribution in [3.8, 4) is 0 Å². The molecular weight excluding hydrogens is 201 g/mol. The molecule has 0 bridgehead atoms. The zero-order valence-electron chi connectivity index (χ0n) is 10.6. The van der Waals surface area contributed by atoms with Crippen LogP contribution in [-0.4, -0.2) is 19.3 Å². The molecule has 1 aliphatic heterocycles. The van der Waals surface area contributed by atoms with Crippen LogP contribution in [0, 0.1) is 17.8 Å². The average Bonchev–Trinajstić information content (AvgIpc) is 2.39. The molecule has 1 N–H and O–H groups in total. The predicted molar refractivity (Wildman–Crippen MR) is 66.2 cm³/mol. The first-order valence-corrected chi connectivity index (χ1v) is 7.17. The topological polar surface area (TPSA) is 12.0 Å². The third-order valence-corrected chi connectivity index (χ3v) is 4.69. The number of alkyl halides is 1. The lowest BCUT2D eigenvalue weighted by Gasteiger charge is -2.37. The van der Waals surface area contributed by atoms with Crippen LogP contribution in [0.5, 0.6) is 0 Å². The normalized spacial score (nSPS) is 38.2. The largest absolute Gasteiger partial charge is 0.316 e. The lowest BCUT2D eigenvalue weighted by atomic mass is 9.71. The molecule has 1 heterocycles. The fourth-order valence-electron chi connectivity index (χ4n) is 3.66. The third kappa shape index (κ3) is 2.77. The van der Waals surface area contributed by atoms with E-state index in [1.807, 2.05) is 0 Å². The highest BCUT2D eigenvalue weighted by Crippen LogP contribution is 2.39. The van der Waals surface area contributed by atoms with E-state index in [0.29, 0.717) is 17.8 Å². The molecule has 4 unspecified atom stereocenters. The minimum Gasteiger partial charge on any atom is -0.316 e. The van der Waals surface area contributed by atoms with Crippen molar-refractivity contribution < 1.29 is 4.39 Å². The summed E-state index contributed by atoms with van der Waals surface area (Å²) in [5.41, 5.74) is 0. The molecule has 94 valence electrons. The van der Waals surface area contributed by atoms with Gasteiger partial charge in [-0.1, -0.05) is 32.6 Å². The second-order valence-electron chi connectivity index (χ2n) is 5.67. The molecule has 0 aromatic rings. The van der Waals surface area contributed by atoms with E-state index in [0.717, 1.165) is 32.4 Å². The smallest absolute Gasteiger partial charge is 0.107 e. The van der Waals surface area contributed by atoms with Gasteiger partial charge in [-0.2, -0.15) is 0 Å². The maximum Gasteiger partial charge on any atom is 0.107 e. The van der Waals surface area contributed by atoms with Gasteiger partial charge in [0.25, 0.3) is 0 Å². The summed E-state index contributed by atoms with van der Waals surface area (Å²) >= 11 is 0. The summed E-state index contributed by atoms with van der Waals surface area (Å²) in [6.07, 6.45) is 7.86. The van der Waals surface area contributed by atoms with Crippen molar-refractivity contribution >= 4 is 0 Å². The molecule has 0 spiro atoms. The van der Waals surface area contributed by atoms with Gasteiger partial charge in [0.1, 0.15) is 6.17 Å². The van der Waals surface area contributed by atoms with Crippen LogP contribution >= 0.6 is 0 Å². The van der Waals surface area contributed by atoms with Gasteiger partial charge in [0.2, 0.25) is 0 Å². The number of nitrogens with one attached hydrogen (secondary N) is 1. The van der Waals surface area contributed by atoms with E-state index < -0.39 is 6.17 Å². The van der Waals surface area contributed by atoms with Crippen LogP contribution in [0.3, 0.4) is 0 Å². The van der Waals surface area contributed by atoms with Crippen molar-refractivity contribution in [3.63, 3.8) is 0 Å². The van der Waals surface area contributed by atoms with Crippen molar-refractivity contribution in [1.29, 1.82) is 0 Å². The van der Waals surface area contributed by atoms with Crippen LogP contribution in [0.25, 0.3) is 0 Å². The quantitative estimate of drug-likeness (QED) is 0.777. The Bertz CT molecular complexity index is 201. The van der Waals surface area contributed by atoms with Gasteiger partial charge < -0.3 is 5.32 Å². The summed E-state index contributed by atoms with van der Waals surface area (Å²) in [4.78, 5) is 0. The van der Waals surface area contributed by atoms with Crippen LogP contribution in [0.2, 0.25) is 0 Å². The number of hydrogen-bond acceptors (Lipinski definition) is 1. The van der Waals surface area contributed by atoms with Crippen molar-refractivity contribution in [3.05, 3.63) is 0 Å². The summed E-state index contributed by atoms with van der Waals surface area (Å²) in [5.74, 6) is 1.32. The Kier molecular flexibility index (Phi) is 4.63. The fourth-order valence-corrected chi connectivity index (χ4v) is 3.66. The van der Waals surface area contributed by atoms with Gasteiger partial charge in [-0.3, -0.25) is 0 Å². The van der Waals surface area contributed by atoms with Crippen LogP contribution in [0.15, 0.2) is 0 Å². The Hall–Kier alpha value is -0.110. The van der Waals surface area contributed by atoms with Crippen LogP contribution in [0.1, 0.15) is 51.9 Å². The molecule has 4 atom stereocenters. The number of hydrogen-bond donors (Lipinski definition) is 1. The molecule has 2 aliphatic rings. The van der Waals surface area contributed by atoms with E-state index in [9.17, 15) is 4.39 Å². The minimum absolute atomic E-state index is 0.297. The molecule has 2 rings (SSSR count). The van der Waals surface area contributed by atoms with Crippen LogP contribution < -0.4 is 5.32 Å². The average molecular weight is 227 g/mol. The van der Waals surface area contributed by atoms with Gasteiger partial charge in [-0.25, -0.2) is 4.39 Å². The van der Waals surface area contributed by atoms with Crippen molar-refractivity contribution in [2.45, 2.75) is 58.0 Å². The Morgan fingerprint density at radius 1 is 1.19 bits per heavy atom. The van der Waals surface area contributed by atoms with Crippen molar-refractivity contribution in [2.75, 3.05) is 13.1 Å². The molecule has 1 nitrogen and oxygen atoms in total. The number of rotatable bonds is 3. The van der Waals surface area contributed by atoms with Gasteiger partial charge in [-0.15, -0.1) is 0 Å². The standard InChI is InChI=1S/C14H26FN/c1-2-11-6-3-4-8-13(11)14(15)12-7-5-9-16-10-12/h11-14,16H,2-10H2,1H3. The predicted octanol–water partition coefficient (Wildman–Crippen LogP) is 3.54. The van der Waals surface area contributed by atoms with Crippen LogP contribution in [-0.2, 0) is 0 Å². The molecular formula is C14H26FN. The summed E-state index contributed by atoms with van der Waals surface area (Å²) in [5, 5.41) is 3.35. The van der Waals surface area contributed by atoms with E-state index in [2.05, 4.69) is 12.2 Å². The van der Waals surface area contributed by atoms with Gasteiger partial charge in [-0.05, 0) is 37.6 Å².